The number of benzene rings is 1. The first-order valence-corrected chi connectivity index (χ1v) is 10.5. The van der Waals surface area contributed by atoms with E-state index < -0.39 is 17.8 Å². The van der Waals surface area contributed by atoms with Gasteiger partial charge in [-0.1, -0.05) is 44.0 Å². The van der Waals surface area contributed by atoms with E-state index in [1.165, 1.54) is 36.0 Å². The van der Waals surface area contributed by atoms with Gasteiger partial charge in [0.1, 0.15) is 22.4 Å². The Morgan fingerprint density at radius 2 is 1.91 bits per heavy atom. The summed E-state index contributed by atoms with van der Waals surface area (Å²) in [6, 6.07) is 3.20. The van der Waals surface area contributed by atoms with Gasteiger partial charge in [-0.25, -0.2) is 14.2 Å². The molecule has 3 amide bonds. The lowest BCUT2D eigenvalue weighted by Crippen LogP contribution is -2.37. The molecule has 0 aliphatic carbocycles. The first-order valence-electron chi connectivity index (χ1n) is 9.76. The number of urea groups is 1. The predicted octanol–water partition coefficient (Wildman–Crippen LogP) is 4.76. The van der Waals surface area contributed by atoms with E-state index in [0.29, 0.717) is 16.9 Å². The molecule has 0 radical (unpaired) electrons. The summed E-state index contributed by atoms with van der Waals surface area (Å²) in [5.74, 6) is -0.756. The smallest absolute Gasteiger partial charge is 0.321 e. The molecule has 32 heavy (non-hydrogen) atoms. The van der Waals surface area contributed by atoms with Crippen LogP contribution in [0.2, 0.25) is 10.2 Å². The zero-order chi connectivity index (χ0) is 23.8. The van der Waals surface area contributed by atoms with E-state index in [4.69, 9.17) is 23.2 Å². The van der Waals surface area contributed by atoms with Crippen LogP contribution >= 0.6 is 23.2 Å². The Balaban J connectivity index is 2.27. The number of hydrogen-bond acceptors (Lipinski definition) is 5. The molecule has 0 saturated heterocycles. The maximum atomic E-state index is 13.7. The molecule has 11 heteroatoms. The lowest BCUT2D eigenvalue weighted by molar-refractivity contribution is 0.0966. The molecule has 2 heterocycles. The van der Waals surface area contributed by atoms with Gasteiger partial charge in [-0.05, 0) is 30.5 Å². The number of anilines is 1. The number of nitrogens with one attached hydrogen (secondary N) is 3. The van der Waals surface area contributed by atoms with E-state index in [1.54, 1.807) is 0 Å². The van der Waals surface area contributed by atoms with Gasteiger partial charge in [-0.2, -0.15) is 9.61 Å². The van der Waals surface area contributed by atoms with Crippen LogP contribution in [0.3, 0.4) is 0 Å². The van der Waals surface area contributed by atoms with E-state index in [2.05, 4.69) is 46.8 Å². The van der Waals surface area contributed by atoms with Gasteiger partial charge >= 0.3 is 6.03 Å². The highest BCUT2D eigenvalue weighted by Gasteiger charge is 2.27. The second-order valence-corrected chi connectivity index (χ2v) is 9.07. The summed E-state index contributed by atoms with van der Waals surface area (Å²) in [4.78, 5) is 28.5. The highest BCUT2D eigenvalue weighted by molar-refractivity contribution is 6.36. The SMILES string of the molecule is CNC(=O)NC(=O)c1cnn2c(NC(C)C(C)(C)C)c(-c3ccc(F)cc3Cl)c(Cl)nc12. The molecule has 0 bridgehead atoms. The largest absolute Gasteiger partial charge is 0.366 e. The van der Waals surface area contributed by atoms with Crippen LogP contribution in [-0.4, -0.2) is 39.6 Å². The fourth-order valence-electron chi connectivity index (χ4n) is 2.84. The Bertz CT molecular complexity index is 1210. The molecule has 0 aliphatic rings. The van der Waals surface area contributed by atoms with Crippen molar-refractivity contribution < 1.29 is 14.0 Å². The number of amides is 3. The van der Waals surface area contributed by atoms with E-state index >= 15 is 0 Å². The normalized spacial score (nSPS) is 12.5. The van der Waals surface area contributed by atoms with E-state index in [-0.39, 0.29) is 32.8 Å². The first kappa shape index (κ1) is 23.7. The summed E-state index contributed by atoms with van der Waals surface area (Å²) < 4.78 is 15.1. The van der Waals surface area contributed by atoms with Crippen LogP contribution < -0.4 is 16.0 Å². The van der Waals surface area contributed by atoms with Crippen LogP contribution in [0.15, 0.2) is 24.4 Å². The van der Waals surface area contributed by atoms with Crippen LogP contribution in [-0.2, 0) is 0 Å². The third-order valence-electron chi connectivity index (χ3n) is 5.15. The summed E-state index contributed by atoms with van der Waals surface area (Å²) in [5, 5.41) is 12.4. The molecular weight excluding hydrogens is 458 g/mol. The van der Waals surface area contributed by atoms with Crippen molar-refractivity contribution in [2.24, 2.45) is 5.41 Å². The third-order valence-corrected chi connectivity index (χ3v) is 5.74. The molecule has 3 aromatic rings. The highest BCUT2D eigenvalue weighted by atomic mass is 35.5. The minimum absolute atomic E-state index is 0.0316. The maximum Gasteiger partial charge on any atom is 0.321 e. The molecule has 0 fully saturated rings. The molecule has 1 aromatic carbocycles. The van der Waals surface area contributed by atoms with E-state index in [0.717, 1.165) is 0 Å². The van der Waals surface area contributed by atoms with Gasteiger partial charge in [0.2, 0.25) is 0 Å². The van der Waals surface area contributed by atoms with Gasteiger partial charge in [0.05, 0.1) is 16.8 Å². The number of halogens is 3. The summed E-state index contributed by atoms with van der Waals surface area (Å²) in [6.45, 7) is 8.15. The Hall–Kier alpha value is -2.91. The number of fused-ring (bicyclic) bond motifs is 1. The van der Waals surface area contributed by atoms with Crippen molar-refractivity contribution in [3.8, 4) is 11.1 Å². The number of rotatable bonds is 4. The van der Waals surface area contributed by atoms with Crippen molar-refractivity contribution >= 4 is 46.6 Å². The fraction of sp³-hybridized carbons (Fsp3) is 0.333. The molecule has 0 aliphatic heterocycles. The lowest BCUT2D eigenvalue weighted by atomic mass is 9.88. The molecule has 0 spiro atoms. The predicted molar refractivity (Wildman–Crippen MR) is 123 cm³/mol. The topological polar surface area (TPSA) is 100 Å². The zero-order valence-corrected chi connectivity index (χ0v) is 19.7. The van der Waals surface area contributed by atoms with Gasteiger partial charge in [0, 0.05) is 18.7 Å². The van der Waals surface area contributed by atoms with Crippen LogP contribution in [0.5, 0.6) is 0 Å². The van der Waals surface area contributed by atoms with Gasteiger partial charge in [0.25, 0.3) is 5.91 Å². The van der Waals surface area contributed by atoms with E-state index in [1.807, 2.05) is 6.92 Å². The minimum atomic E-state index is -0.690. The van der Waals surface area contributed by atoms with Gasteiger partial charge in [-0.15, -0.1) is 0 Å². The Morgan fingerprint density at radius 1 is 1.22 bits per heavy atom. The van der Waals surface area contributed by atoms with Crippen molar-refractivity contribution in [1.82, 2.24) is 25.2 Å². The van der Waals surface area contributed by atoms with Crippen molar-refractivity contribution in [3.63, 3.8) is 0 Å². The number of nitrogens with zero attached hydrogens (tertiary/aromatic N) is 3. The Kier molecular flexibility index (Phi) is 6.61. The average Bonchev–Trinajstić information content (AvgIpc) is 3.11. The maximum absolute atomic E-state index is 13.7. The second-order valence-electron chi connectivity index (χ2n) is 8.31. The highest BCUT2D eigenvalue weighted by Crippen LogP contribution is 2.40. The van der Waals surface area contributed by atoms with Crippen LogP contribution in [0.4, 0.5) is 15.0 Å². The Labute approximate surface area is 194 Å². The fourth-order valence-corrected chi connectivity index (χ4v) is 3.38. The van der Waals surface area contributed by atoms with Crippen molar-refractivity contribution in [1.29, 1.82) is 0 Å². The van der Waals surface area contributed by atoms with Crippen LogP contribution in [0.1, 0.15) is 38.1 Å². The van der Waals surface area contributed by atoms with E-state index in [9.17, 15) is 14.0 Å². The quantitative estimate of drug-likeness (QED) is 0.467. The molecule has 1 atom stereocenters. The summed E-state index contributed by atoms with van der Waals surface area (Å²) in [7, 11) is 1.39. The molecule has 8 nitrogen and oxygen atoms in total. The van der Waals surface area contributed by atoms with Gasteiger partial charge < -0.3 is 10.6 Å². The monoisotopic (exact) mass is 480 g/mol. The van der Waals surface area contributed by atoms with Gasteiger partial charge in [-0.3, -0.25) is 10.1 Å². The Morgan fingerprint density at radius 3 is 2.50 bits per heavy atom. The number of hydrogen-bond donors (Lipinski definition) is 3. The standard InChI is InChI=1S/C21H23Cl2FN6O2/c1-10(21(2,3)4)27-18-15(12-7-6-11(24)8-14(12)22)16(23)28-17-13(9-26-30(17)18)19(31)29-20(32)25-5/h6-10,27H,1-5H3,(H2,25,29,31,32). The second kappa shape index (κ2) is 8.91. The molecule has 3 rings (SSSR count). The number of imide groups is 1. The van der Waals surface area contributed by atoms with Crippen molar-refractivity contribution in [2.45, 2.75) is 33.7 Å². The van der Waals surface area contributed by atoms with Crippen molar-refractivity contribution in [2.75, 3.05) is 12.4 Å². The molecule has 0 saturated carbocycles. The third kappa shape index (κ3) is 4.63. The lowest BCUT2D eigenvalue weighted by Gasteiger charge is -2.30. The van der Waals surface area contributed by atoms with Crippen molar-refractivity contribution in [3.05, 3.63) is 46.0 Å². The number of aromatic nitrogens is 3. The molecule has 1 unspecified atom stereocenters. The number of carbonyl (C=O) groups excluding carboxylic acids is 2. The summed E-state index contributed by atoms with van der Waals surface area (Å²) in [6.07, 6.45) is 1.29. The molecular formula is C21H23Cl2FN6O2. The summed E-state index contributed by atoms with van der Waals surface area (Å²) >= 11 is 12.9. The molecule has 170 valence electrons. The minimum Gasteiger partial charge on any atom is -0.366 e. The zero-order valence-electron chi connectivity index (χ0n) is 18.2. The van der Waals surface area contributed by atoms with Crippen LogP contribution in [0, 0.1) is 11.2 Å². The molecule has 3 N–H and O–H groups in total. The first-order chi connectivity index (χ1) is 14.9. The number of carbonyl (C=O) groups is 2. The van der Waals surface area contributed by atoms with Gasteiger partial charge in [0.15, 0.2) is 5.65 Å². The summed E-state index contributed by atoms with van der Waals surface area (Å²) in [5.41, 5.74) is 0.892. The average molecular weight is 481 g/mol. The molecule has 2 aromatic heterocycles. The van der Waals surface area contributed by atoms with Crippen LogP contribution in [0.25, 0.3) is 16.8 Å².